The third kappa shape index (κ3) is 2.10. The van der Waals surface area contributed by atoms with Crippen LogP contribution < -0.4 is 4.74 Å². The quantitative estimate of drug-likeness (QED) is 0.868. The second kappa shape index (κ2) is 4.24. The summed E-state index contributed by atoms with van der Waals surface area (Å²) in [5.74, 6) is 2.40. The zero-order chi connectivity index (χ0) is 10.9. The van der Waals surface area contributed by atoms with E-state index in [9.17, 15) is 5.11 Å². The van der Waals surface area contributed by atoms with Crippen molar-refractivity contribution in [2.24, 2.45) is 0 Å². The maximum atomic E-state index is 10.4. The molecular weight excluding hydrogens is 232 g/mol. The molecule has 1 unspecified atom stereocenters. The Balaban J connectivity index is 2.44. The van der Waals surface area contributed by atoms with Crippen LogP contribution in [-0.2, 0) is 5.60 Å². The minimum absolute atomic E-state index is 0.635. The molecule has 15 heavy (non-hydrogen) atoms. The molecule has 1 heterocycles. The van der Waals surface area contributed by atoms with Gasteiger partial charge in [-0.25, -0.2) is 0 Å². The van der Waals surface area contributed by atoms with E-state index in [1.165, 1.54) is 0 Å². The van der Waals surface area contributed by atoms with Crippen LogP contribution in [0.1, 0.15) is 12.0 Å². The Kier molecular flexibility index (Phi) is 3.14. The summed E-state index contributed by atoms with van der Waals surface area (Å²) in [5, 5.41) is 11.1. The molecule has 1 N–H and O–H groups in total. The van der Waals surface area contributed by atoms with Crippen molar-refractivity contribution in [1.82, 2.24) is 0 Å². The second-order valence-corrected chi connectivity index (χ2v) is 5.22. The van der Waals surface area contributed by atoms with E-state index < -0.39 is 5.60 Å². The molecule has 0 saturated carbocycles. The zero-order valence-corrected chi connectivity index (χ0v) is 10.1. The van der Waals surface area contributed by atoms with Crippen LogP contribution in [0, 0.1) is 0 Å². The van der Waals surface area contributed by atoms with Crippen molar-refractivity contribution in [3.8, 4) is 5.75 Å². The molecule has 82 valence electrons. The second-order valence-electron chi connectivity index (χ2n) is 3.68. The Morgan fingerprint density at radius 1 is 1.53 bits per heavy atom. The van der Waals surface area contributed by atoms with E-state index in [4.69, 9.17) is 16.3 Å². The number of hydrogen-bond acceptors (Lipinski definition) is 3. The van der Waals surface area contributed by atoms with E-state index in [0.29, 0.717) is 16.5 Å². The van der Waals surface area contributed by atoms with Gasteiger partial charge in [0.05, 0.1) is 7.11 Å². The van der Waals surface area contributed by atoms with Gasteiger partial charge in [-0.1, -0.05) is 11.6 Å². The van der Waals surface area contributed by atoms with Crippen LogP contribution in [0.2, 0.25) is 5.02 Å². The van der Waals surface area contributed by atoms with Gasteiger partial charge in [-0.3, -0.25) is 0 Å². The van der Waals surface area contributed by atoms with Crippen molar-refractivity contribution in [1.29, 1.82) is 0 Å². The Morgan fingerprint density at radius 3 is 2.93 bits per heavy atom. The summed E-state index contributed by atoms with van der Waals surface area (Å²) >= 11 is 7.69. The van der Waals surface area contributed by atoms with E-state index in [0.717, 1.165) is 17.7 Å². The highest BCUT2D eigenvalue weighted by atomic mass is 35.5. The summed E-state index contributed by atoms with van der Waals surface area (Å²) < 4.78 is 5.25. The summed E-state index contributed by atoms with van der Waals surface area (Å²) in [6, 6.07) is 5.38. The minimum Gasteiger partial charge on any atom is -0.496 e. The van der Waals surface area contributed by atoms with Gasteiger partial charge in [0.1, 0.15) is 11.4 Å². The number of halogens is 1. The molecule has 2 rings (SSSR count). The van der Waals surface area contributed by atoms with E-state index in [2.05, 4.69) is 0 Å². The number of thioether (sulfide) groups is 1. The minimum atomic E-state index is -0.777. The van der Waals surface area contributed by atoms with E-state index in [-0.39, 0.29) is 0 Å². The Hall–Kier alpha value is -0.380. The highest BCUT2D eigenvalue weighted by Crippen LogP contribution is 2.41. The molecule has 1 saturated heterocycles. The van der Waals surface area contributed by atoms with E-state index in [1.807, 2.05) is 0 Å². The molecule has 1 aromatic carbocycles. The predicted octanol–water partition coefficient (Wildman–Crippen LogP) is 2.67. The lowest BCUT2D eigenvalue weighted by atomic mass is 9.92. The van der Waals surface area contributed by atoms with Gasteiger partial charge in [-0.05, 0) is 30.4 Å². The average Bonchev–Trinajstić information content (AvgIpc) is 2.66. The number of ether oxygens (including phenoxy) is 1. The first kappa shape index (κ1) is 11.1. The zero-order valence-electron chi connectivity index (χ0n) is 8.50. The molecule has 1 aliphatic heterocycles. The normalized spacial score (nSPS) is 25.5. The van der Waals surface area contributed by atoms with Gasteiger partial charge in [0.15, 0.2) is 0 Å². The molecule has 0 amide bonds. The lowest BCUT2D eigenvalue weighted by Gasteiger charge is -2.24. The van der Waals surface area contributed by atoms with Gasteiger partial charge >= 0.3 is 0 Å². The molecule has 1 aromatic rings. The summed E-state index contributed by atoms with van der Waals surface area (Å²) in [5.41, 5.74) is 0.0310. The number of methoxy groups -OCH3 is 1. The summed E-state index contributed by atoms with van der Waals surface area (Å²) in [6.07, 6.45) is 0.758. The van der Waals surface area contributed by atoms with Crippen molar-refractivity contribution in [2.45, 2.75) is 12.0 Å². The third-order valence-corrected chi connectivity index (χ3v) is 4.07. The van der Waals surface area contributed by atoms with Crippen LogP contribution in [0.25, 0.3) is 0 Å². The topological polar surface area (TPSA) is 29.5 Å². The van der Waals surface area contributed by atoms with Crippen LogP contribution in [0.4, 0.5) is 0 Å². The van der Waals surface area contributed by atoms with Gasteiger partial charge in [-0.15, -0.1) is 0 Å². The molecule has 0 radical (unpaired) electrons. The lowest BCUT2D eigenvalue weighted by molar-refractivity contribution is 0.0630. The van der Waals surface area contributed by atoms with Crippen LogP contribution in [0.5, 0.6) is 5.75 Å². The van der Waals surface area contributed by atoms with Gasteiger partial charge in [-0.2, -0.15) is 11.8 Å². The summed E-state index contributed by atoms with van der Waals surface area (Å²) in [7, 11) is 1.61. The van der Waals surface area contributed by atoms with Gasteiger partial charge in [0, 0.05) is 16.3 Å². The monoisotopic (exact) mass is 244 g/mol. The fraction of sp³-hybridized carbons (Fsp3) is 0.455. The fourth-order valence-corrected chi connectivity index (χ4v) is 3.25. The predicted molar refractivity (Wildman–Crippen MR) is 63.8 cm³/mol. The molecule has 1 aliphatic rings. The first-order valence-electron chi connectivity index (χ1n) is 4.80. The number of hydrogen-bond donors (Lipinski definition) is 1. The van der Waals surface area contributed by atoms with Crippen molar-refractivity contribution >= 4 is 23.4 Å². The van der Waals surface area contributed by atoms with E-state index >= 15 is 0 Å². The van der Waals surface area contributed by atoms with Crippen molar-refractivity contribution < 1.29 is 9.84 Å². The first-order chi connectivity index (χ1) is 7.15. The average molecular weight is 245 g/mol. The molecule has 1 atom stereocenters. The maximum Gasteiger partial charge on any atom is 0.125 e. The smallest absolute Gasteiger partial charge is 0.125 e. The van der Waals surface area contributed by atoms with Gasteiger partial charge in [0.25, 0.3) is 0 Å². The van der Waals surface area contributed by atoms with E-state index in [1.54, 1.807) is 37.1 Å². The highest BCUT2D eigenvalue weighted by molar-refractivity contribution is 7.99. The Morgan fingerprint density at radius 2 is 2.33 bits per heavy atom. The van der Waals surface area contributed by atoms with Crippen molar-refractivity contribution in [3.05, 3.63) is 28.8 Å². The SMILES string of the molecule is COc1ccc(Cl)cc1C1(O)CCSC1. The summed E-state index contributed by atoms with van der Waals surface area (Å²) in [4.78, 5) is 0. The third-order valence-electron chi connectivity index (χ3n) is 2.66. The molecule has 4 heteroatoms. The van der Waals surface area contributed by atoms with Crippen LogP contribution in [-0.4, -0.2) is 23.7 Å². The van der Waals surface area contributed by atoms with Crippen LogP contribution in [0.15, 0.2) is 18.2 Å². The Bertz CT molecular complexity index is 362. The molecule has 0 spiro atoms. The highest BCUT2D eigenvalue weighted by Gasteiger charge is 2.36. The summed E-state index contributed by atoms with van der Waals surface area (Å²) in [6.45, 7) is 0. The molecule has 0 bridgehead atoms. The molecule has 0 aromatic heterocycles. The van der Waals surface area contributed by atoms with Crippen molar-refractivity contribution in [3.63, 3.8) is 0 Å². The standard InChI is InChI=1S/C11H13ClO2S/c1-14-10-3-2-8(12)6-9(10)11(13)4-5-15-7-11/h2-3,6,13H,4-5,7H2,1H3. The molecular formula is C11H13ClO2S. The lowest BCUT2D eigenvalue weighted by Crippen LogP contribution is -2.25. The maximum absolute atomic E-state index is 10.4. The Labute approximate surface area is 98.6 Å². The van der Waals surface area contributed by atoms with Gasteiger partial charge < -0.3 is 9.84 Å². The van der Waals surface area contributed by atoms with Crippen LogP contribution in [0.3, 0.4) is 0 Å². The van der Waals surface area contributed by atoms with Gasteiger partial charge in [0.2, 0.25) is 0 Å². The number of aliphatic hydroxyl groups is 1. The number of rotatable bonds is 2. The fourth-order valence-electron chi connectivity index (χ4n) is 1.81. The molecule has 1 fully saturated rings. The molecule has 0 aliphatic carbocycles. The number of benzene rings is 1. The first-order valence-corrected chi connectivity index (χ1v) is 6.33. The largest absolute Gasteiger partial charge is 0.496 e. The van der Waals surface area contributed by atoms with Crippen LogP contribution >= 0.6 is 23.4 Å². The van der Waals surface area contributed by atoms with Crippen molar-refractivity contribution in [2.75, 3.05) is 18.6 Å². The molecule has 2 nitrogen and oxygen atoms in total.